The molecule has 0 atom stereocenters. The summed E-state index contributed by atoms with van der Waals surface area (Å²) >= 11 is 1.89. The number of fused-ring (bicyclic) bond motifs is 18. The van der Waals surface area contributed by atoms with Gasteiger partial charge in [0.15, 0.2) is 0 Å². The lowest BCUT2D eigenvalue weighted by atomic mass is 9.98. The van der Waals surface area contributed by atoms with Crippen molar-refractivity contribution in [1.29, 1.82) is 0 Å². The first kappa shape index (κ1) is 73.5. The Kier molecular flexibility index (Phi) is 18.1. The molecular weight excluding hydrogens is 1550 g/mol. The van der Waals surface area contributed by atoms with Gasteiger partial charge in [0.05, 0.1) is 33.1 Å². The smallest absolute Gasteiger partial charge is 0.143 e. The summed E-state index contributed by atoms with van der Waals surface area (Å²) in [6.45, 7) is 0. The number of nitrogens with zero attached hydrogens (tertiary/aromatic N) is 3. The van der Waals surface area contributed by atoms with E-state index in [1.165, 1.54) is 152 Å². The lowest BCUT2D eigenvalue weighted by molar-refractivity contribution is 0.669. The molecule has 0 amide bonds. The first-order valence-electron chi connectivity index (χ1n) is 43.0. The predicted octanol–water partition coefficient (Wildman–Crippen LogP) is 33.9. The van der Waals surface area contributed by atoms with Crippen LogP contribution in [0.5, 0.6) is 0 Å². The molecule has 0 spiro atoms. The van der Waals surface area contributed by atoms with Crippen molar-refractivity contribution in [2.24, 2.45) is 0 Å². The summed E-state index contributed by atoms with van der Waals surface area (Å²) in [5, 5.41) is 14.7. The molecule has 5 nitrogen and oxygen atoms in total. The molecule has 0 unspecified atom stereocenters. The summed E-state index contributed by atoms with van der Waals surface area (Å²) in [4.78, 5) is 0. The van der Waals surface area contributed by atoms with Crippen molar-refractivity contribution in [2.45, 2.75) is 0 Å². The number of para-hydroxylation sites is 7. The van der Waals surface area contributed by atoms with Gasteiger partial charge in [0.2, 0.25) is 0 Å². The Bertz CT molecular complexity index is 8240. The van der Waals surface area contributed by atoms with Crippen molar-refractivity contribution >= 4 is 141 Å². The largest absolute Gasteiger partial charge is 0.455 e. The maximum Gasteiger partial charge on any atom is 0.143 e. The van der Waals surface area contributed by atoms with E-state index in [-0.39, 0.29) is 0 Å². The minimum atomic E-state index is 0.917. The van der Waals surface area contributed by atoms with Gasteiger partial charge in [0.25, 0.3) is 0 Å². The molecule has 6 aromatic heterocycles. The summed E-state index contributed by atoms with van der Waals surface area (Å²) in [7, 11) is 0. The van der Waals surface area contributed by atoms with Crippen LogP contribution >= 0.6 is 11.3 Å². The van der Waals surface area contributed by atoms with E-state index in [4.69, 9.17) is 8.83 Å². The standard InChI is InChI=1S/C42H27NO.C42H27NS.C36H23NO/c2*1-3-12-28(13-4-1)31-24-32(29-14-5-2-6-15-29)26-33(25-31)43-39-20-9-7-16-35(39)38-27-30(22-23-40(38)43)34-18-11-19-37-36-17-8-10-21-41(36)44-42(34)37;1-2-10-24(11-3-1)25-12-8-13-27(22-25)37-33-18-6-4-14-29(33)32-23-26(20-21-34(32)37)28-16-9-17-31-30-15-5-7-19-35(30)38-36(28)31/h2*1-27H;1-23H. The highest BCUT2D eigenvalue weighted by molar-refractivity contribution is 7.26. The fraction of sp³-hybridized carbons (Fsp3) is 0. The zero-order chi connectivity index (χ0) is 83.1. The predicted molar refractivity (Wildman–Crippen MR) is 533 cm³/mol. The van der Waals surface area contributed by atoms with Crippen LogP contribution in [0, 0.1) is 0 Å². The maximum absolute atomic E-state index is 6.42. The average molecular weight is 1630 g/mol. The molecule has 26 rings (SSSR count). The zero-order valence-corrected chi connectivity index (χ0v) is 69.3. The number of rotatable bonds is 11. The third kappa shape index (κ3) is 12.8. The Morgan fingerprint density at radius 2 is 0.452 bits per heavy atom. The van der Waals surface area contributed by atoms with Crippen molar-refractivity contribution in [2.75, 3.05) is 0 Å². The number of aromatic nitrogens is 3. The summed E-state index contributed by atoms with van der Waals surface area (Å²) in [5.74, 6) is 0. The van der Waals surface area contributed by atoms with Crippen molar-refractivity contribution in [3.05, 3.63) is 467 Å². The van der Waals surface area contributed by atoms with Gasteiger partial charge in [-0.2, -0.15) is 0 Å². The molecule has 0 fully saturated rings. The molecule has 0 saturated heterocycles. The average Bonchev–Trinajstić information content (AvgIpc) is 1.59. The molecule has 0 bridgehead atoms. The van der Waals surface area contributed by atoms with Gasteiger partial charge in [-0.15, -0.1) is 11.3 Å². The number of hydrogen-bond donors (Lipinski definition) is 0. The minimum Gasteiger partial charge on any atom is -0.455 e. The van der Waals surface area contributed by atoms with E-state index < -0.39 is 0 Å². The zero-order valence-electron chi connectivity index (χ0n) is 68.5. The normalized spacial score (nSPS) is 11.7. The summed E-state index contributed by atoms with van der Waals surface area (Å²) in [6, 6.07) is 168. The summed E-state index contributed by atoms with van der Waals surface area (Å²) < 4.78 is 22.7. The summed E-state index contributed by atoms with van der Waals surface area (Å²) in [5.41, 5.74) is 33.5. The van der Waals surface area contributed by atoms with Crippen LogP contribution < -0.4 is 0 Å². The van der Waals surface area contributed by atoms with E-state index in [9.17, 15) is 0 Å². The van der Waals surface area contributed by atoms with Crippen molar-refractivity contribution < 1.29 is 8.83 Å². The molecule has 6 heteroatoms. The number of hydrogen-bond acceptors (Lipinski definition) is 3. The third-order valence-corrected chi connectivity index (χ3v) is 26.4. The second-order valence-corrected chi connectivity index (χ2v) is 33.6. The van der Waals surface area contributed by atoms with Gasteiger partial charge in [0.1, 0.15) is 22.3 Å². The Morgan fingerprint density at radius 1 is 0.159 bits per heavy atom. The van der Waals surface area contributed by atoms with Crippen molar-refractivity contribution in [3.63, 3.8) is 0 Å². The van der Waals surface area contributed by atoms with Gasteiger partial charge in [-0.25, -0.2) is 0 Å². The molecule has 26 aromatic rings. The number of benzene rings is 20. The van der Waals surface area contributed by atoms with Crippen LogP contribution in [0.25, 0.3) is 236 Å². The van der Waals surface area contributed by atoms with Gasteiger partial charge < -0.3 is 22.5 Å². The topological polar surface area (TPSA) is 41.1 Å². The monoisotopic (exact) mass is 1620 g/mol. The number of furan rings is 2. The molecule has 0 aliphatic carbocycles. The van der Waals surface area contributed by atoms with Crippen LogP contribution in [0.2, 0.25) is 0 Å². The van der Waals surface area contributed by atoms with Crippen molar-refractivity contribution in [1.82, 2.24) is 13.7 Å². The first-order chi connectivity index (χ1) is 62.5. The lowest BCUT2D eigenvalue weighted by Crippen LogP contribution is -1.96. The van der Waals surface area contributed by atoms with E-state index >= 15 is 0 Å². The van der Waals surface area contributed by atoms with Crippen LogP contribution in [-0.2, 0) is 0 Å². The fourth-order valence-electron chi connectivity index (χ4n) is 19.3. The highest BCUT2D eigenvalue weighted by Gasteiger charge is 2.23. The van der Waals surface area contributed by atoms with E-state index in [1.807, 2.05) is 35.6 Å². The van der Waals surface area contributed by atoms with Crippen LogP contribution in [0.15, 0.2) is 476 Å². The van der Waals surface area contributed by atoms with Gasteiger partial charge >= 0.3 is 0 Å². The molecule has 590 valence electrons. The fourth-order valence-corrected chi connectivity index (χ4v) is 20.5. The molecule has 0 aliphatic rings. The molecule has 126 heavy (non-hydrogen) atoms. The van der Waals surface area contributed by atoms with Gasteiger partial charge in [-0.1, -0.05) is 346 Å². The van der Waals surface area contributed by atoms with E-state index in [1.54, 1.807) is 0 Å². The van der Waals surface area contributed by atoms with Crippen LogP contribution in [0.1, 0.15) is 0 Å². The lowest BCUT2D eigenvalue weighted by Gasteiger charge is -2.14. The third-order valence-electron chi connectivity index (χ3n) is 25.2. The van der Waals surface area contributed by atoms with E-state index in [0.29, 0.717) is 0 Å². The Labute approximate surface area is 731 Å². The maximum atomic E-state index is 6.42. The minimum absolute atomic E-state index is 0.917. The molecule has 6 heterocycles. The quantitative estimate of drug-likeness (QED) is 0.129. The van der Waals surface area contributed by atoms with Crippen LogP contribution in [-0.4, -0.2) is 13.7 Å². The van der Waals surface area contributed by atoms with Crippen molar-refractivity contribution in [3.8, 4) is 106 Å². The summed E-state index contributed by atoms with van der Waals surface area (Å²) in [6.07, 6.45) is 0. The Morgan fingerprint density at radius 3 is 0.873 bits per heavy atom. The van der Waals surface area contributed by atoms with Gasteiger partial charge in [0, 0.05) is 102 Å². The SMILES string of the molecule is c1ccc(-c2cc(-c3ccccc3)cc(-n3c4ccccc4c4cc(-c5cccc6c5oc5ccccc56)ccc43)c2)cc1.c1ccc(-c2cc(-c3ccccc3)cc(-n3c4ccccc4c4cc(-c5cccc6c5sc5ccccc56)ccc43)c2)cc1.c1ccc(-c2cccc(-n3c4ccccc4c4cc(-c5cccc6c5oc5ccccc56)ccc43)c2)cc1. The van der Waals surface area contributed by atoms with Gasteiger partial charge in [-0.3, -0.25) is 0 Å². The van der Waals surface area contributed by atoms with Crippen LogP contribution in [0.3, 0.4) is 0 Å². The van der Waals surface area contributed by atoms with Crippen LogP contribution in [0.4, 0.5) is 0 Å². The second kappa shape index (κ2) is 30.9. The van der Waals surface area contributed by atoms with E-state index in [2.05, 4.69) is 457 Å². The molecule has 0 aliphatic heterocycles. The number of thiophene rings is 1. The second-order valence-electron chi connectivity index (χ2n) is 32.5. The first-order valence-corrected chi connectivity index (χ1v) is 43.8. The molecule has 0 saturated carbocycles. The molecular formula is C120H77N3O2S. The molecule has 0 N–H and O–H groups in total. The van der Waals surface area contributed by atoms with E-state index in [0.717, 1.165) is 83.2 Å². The molecule has 0 radical (unpaired) electrons. The molecule has 20 aromatic carbocycles. The Hall–Kier alpha value is -16.4. The van der Waals surface area contributed by atoms with Gasteiger partial charge in [-0.05, 0) is 199 Å². The Balaban J connectivity index is 0.000000106. The highest BCUT2D eigenvalue weighted by atomic mass is 32.1. The highest BCUT2D eigenvalue weighted by Crippen LogP contribution is 2.47.